The Bertz CT molecular complexity index is 924. The molecule has 0 saturated heterocycles. The van der Waals surface area contributed by atoms with Crippen LogP contribution in [0.4, 0.5) is 11.4 Å². The predicted octanol–water partition coefficient (Wildman–Crippen LogP) is 4.08. The zero-order valence-corrected chi connectivity index (χ0v) is 16.3. The van der Waals surface area contributed by atoms with Gasteiger partial charge in [0.2, 0.25) is 5.91 Å². The summed E-state index contributed by atoms with van der Waals surface area (Å²) in [5.74, 6) is 0.00415. The minimum Gasteiger partial charge on any atom is -0.312 e. The molecule has 1 aliphatic heterocycles. The summed E-state index contributed by atoms with van der Waals surface area (Å²) < 4.78 is 27.6. The minimum absolute atomic E-state index is 0.0796. The van der Waals surface area contributed by atoms with Gasteiger partial charge in [-0.1, -0.05) is 25.4 Å². The number of nitrogens with one attached hydrogen (secondary N) is 1. The van der Waals surface area contributed by atoms with Gasteiger partial charge in [-0.15, -0.1) is 0 Å². The first kappa shape index (κ1) is 18.7. The topological polar surface area (TPSA) is 66.5 Å². The Morgan fingerprint density at radius 2 is 1.85 bits per heavy atom. The normalized spacial score (nSPS) is 14.2. The largest absolute Gasteiger partial charge is 0.312 e. The summed E-state index contributed by atoms with van der Waals surface area (Å²) in [7, 11) is -3.69. The smallest absolute Gasteiger partial charge is 0.261 e. The highest BCUT2D eigenvalue weighted by Gasteiger charge is 2.25. The number of nitrogens with zero attached hydrogens (tertiary/aromatic N) is 1. The quantitative estimate of drug-likeness (QED) is 0.852. The summed E-state index contributed by atoms with van der Waals surface area (Å²) >= 11 is 5.82. The maximum absolute atomic E-state index is 12.5. The van der Waals surface area contributed by atoms with Crippen molar-refractivity contribution in [2.24, 2.45) is 5.92 Å². The Balaban J connectivity index is 1.87. The molecule has 0 radical (unpaired) electrons. The van der Waals surface area contributed by atoms with Crippen LogP contribution >= 0.6 is 11.6 Å². The van der Waals surface area contributed by atoms with Gasteiger partial charge in [-0.05, 0) is 60.9 Å². The molecule has 0 saturated carbocycles. The molecule has 3 rings (SSSR count). The molecule has 7 heteroatoms. The first-order valence-electron chi connectivity index (χ1n) is 8.50. The Hall–Kier alpha value is -2.05. The van der Waals surface area contributed by atoms with E-state index in [0.29, 0.717) is 17.3 Å². The fourth-order valence-corrected chi connectivity index (χ4v) is 4.20. The molecule has 1 heterocycles. The lowest BCUT2D eigenvalue weighted by molar-refractivity contribution is -0.121. The fraction of sp³-hybridized carbons (Fsp3) is 0.316. The summed E-state index contributed by atoms with van der Waals surface area (Å²) in [5.41, 5.74) is 2.32. The molecule has 26 heavy (non-hydrogen) atoms. The maximum Gasteiger partial charge on any atom is 0.261 e. The van der Waals surface area contributed by atoms with Gasteiger partial charge in [-0.3, -0.25) is 9.52 Å². The zero-order chi connectivity index (χ0) is 18.9. The summed E-state index contributed by atoms with van der Waals surface area (Å²) in [5, 5.41) is 0.479. The van der Waals surface area contributed by atoms with Crippen LogP contribution < -0.4 is 9.62 Å². The fourth-order valence-electron chi connectivity index (χ4n) is 3.03. The van der Waals surface area contributed by atoms with Crippen molar-refractivity contribution in [3.8, 4) is 0 Å². The maximum atomic E-state index is 12.5. The van der Waals surface area contributed by atoms with Crippen LogP contribution in [0.1, 0.15) is 25.8 Å². The van der Waals surface area contributed by atoms with E-state index in [-0.39, 0.29) is 16.7 Å². The third-order valence-corrected chi connectivity index (χ3v) is 5.98. The number of carbonyl (C=O) groups excluding carboxylic acids is 1. The van der Waals surface area contributed by atoms with Crippen molar-refractivity contribution >= 4 is 38.9 Å². The van der Waals surface area contributed by atoms with E-state index in [1.54, 1.807) is 23.1 Å². The first-order chi connectivity index (χ1) is 12.3. The summed E-state index contributed by atoms with van der Waals surface area (Å²) in [6.45, 7) is 4.45. The number of benzene rings is 2. The highest BCUT2D eigenvalue weighted by atomic mass is 35.5. The second-order valence-electron chi connectivity index (χ2n) is 6.65. The van der Waals surface area contributed by atoms with Crippen LogP contribution in [0.2, 0.25) is 5.02 Å². The van der Waals surface area contributed by atoms with Crippen LogP contribution in [0, 0.1) is 5.92 Å². The molecule has 0 aliphatic carbocycles. The van der Waals surface area contributed by atoms with Crippen molar-refractivity contribution in [2.45, 2.75) is 31.6 Å². The third kappa shape index (κ3) is 3.86. The highest BCUT2D eigenvalue weighted by molar-refractivity contribution is 7.92. The second-order valence-corrected chi connectivity index (χ2v) is 8.77. The number of sulfonamides is 1. The van der Waals surface area contributed by atoms with E-state index in [9.17, 15) is 13.2 Å². The van der Waals surface area contributed by atoms with Gasteiger partial charge in [0.15, 0.2) is 0 Å². The van der Waals surface area contributed by atoms with E-state index >= 15 is 0 Å². The van der Waals surface area contributed by atoms with E-state index in [1.165, 1.54) is 12.1 Å². The number of anilines is 2. The minimum atomic E-state index is -3.69. The molecule has 0 fully saturated rings. The summed E-state index contributed by atoms with van der Waals surface area (Å²) in [6.07, 6.45) is 1.67. The highest BCUT2D eigenvalue weighted by Crippen LogP contribution is 2.31. The lowest BCUT2D eigenvalue weighted by Crippen LogP contribution is -2.38. The monoisotopic (exact) mass is 392 g/mol. The van der Waals surface area contributed by atoms with Gasteiger partial charge in [0.05, 0.1) is 4.90 Å². The van der Waals surface area contributed by atoms with Crippen LogP contribution in [0.3, 0.4) is 0 Å². The van der Waals surface area contributed by atoms with E-state index in [0.717, 1.165) is 24.1 Å². The number of aryl methyl sites for hydroxylation is 1. The van der Waals surface area contributed by atoms with Gasteiger partial charge in [0.25, 0.3) is 10.0 Å². The van der Waals surface area contributed by atoms with E-state index < -0.39 is 10.0 Å². The zero-order valence-electron chi connectivity index (χ0n) is 14.7. The van der Waals surface area contributed by atoms with Gasteiger partial charge in [0.1, 0.15) is 0 Å². The first-order valence-corrected chi connectivity index (χ1v) is 10.4. The number of halogens is 1. The Kier molecular flexibility index (Phi) is 5.25. The molecular formula is C19H21ClN2O3S. The molecule has 1 aliphatic rings. The molecule has 1 amide bonds. The predicted molar refractivity (Wildman–Crippen MR) is 104 cm³/mol. The van der Waals surface area contributed by atoms with Crippen molar-refractivity contribution in [1.82, 2.24) is 0 Å². The van der Waals surface area contributed by atoms with Crippen molar-refractivity contribution in [3.63, 3.8) is 0 Å². The molecule has 0 atom stereocenters. The van der Waals surface area contributed by atoms with Gasteiger partial charge in [-0.2, -0.15) is 0 Å². The van der Waals surface area contributed by atoms with Gasteiger partial charge in [0, 0.05) is 28.9 Å². The lowest BCUT2D eigenvalue weighted by atomic mass is 9.99. The Morgan fingerprint density at radius 1 is 1.15 bits per heavy atom. The molecule has 0 aromatic heterocycles. The number of hydrogen-bond acceptors (Lipinski definition) is 3. The van der Waals surface area contributed by atoms with Gasteiger partial charge in [-0.25, -0.2) is 8.42 Å². The van der Waals surface area contributed by atoms with Crippen LogP contribution in [-0.4, -0.2) is 20.9 Å². The third-order valence-electron chi connectivity index (χ3n) is 4.33. The van der Waals surface area contributed by atoms with Gasteiger partial charge >= 0.3 is 0 Å². The van der Waals surface area contributed by atoms with Crippen molar-refractivity contribution < 1.29 is 13.2 Å². The number of rotatable bonds is 4. The van der Waals surface area contributed by atoms with Crippen LogP contribution in [-0.2, 0) is 21.2 Å². The molecular weight excluding hydrogens is 372 g/mol. The molecule has 5 nitrogen and oxygen atoms in total. The number of hydrogen-bond donors (Lipinski definition) is 1. The van der Waals surface area contributed by atoms with Crippen LogP contribution in [0.15, 0.2) is 47.4 Å². The van der Waals surface area contributed by atoms with Gasteiger partial charge < -0.3 is 4.90 Å². The molecule has 1 N–H and O–H groups in total. The van der Waals surface area contributed by atoms with Crippen molar-refractivity contribution in [1.29, 1.82) is 0 Å². The summed E-state index contributed by atoms with van der Waals surface area (Å²) in [4.78, 5) is 14.3. The van der Waals surface area contributed by atoms with E-state index in [1.807, 2.05) is 26.0 Å². The molecule has 2 aromatic carbocycles. The molecule has 138 valence electrons. The molecule has 0 unspecified atom stereocenters. The lowest BCUT2D eigenvalue weighted by Gasteiger charge is -2.31. The summed E-state index contributed by atoms with van der Waals surface area (Å²) in [6, 6.07) is 11.3. The second kappa shape index (κ2) is 7.29. The van der Waals surface area contributed by atoms with Crippen molar-refractivity contribution in [3.05, 3.63) is 53.1 Å². The number of carbonyl (C=O) groups is 1. The SMILES string of the molecule is CC(C)C(=O)N1CCCc2cc(NS(=O)(=O)c3ccc(Cl)cc3)ccc21. The van der Waals surface area contributed by atoms with Crippen LogP contribution in [0.5, 0.6) is 0 Å². The van der Waals surface area contributed by atoms with E-state index in [4.69, 9.17) is 11.6 Å². The molecule has 2 aromatic rings. The number of fused-ring (bicyclic) bond motifs is 1. The Labute approximate surface area is 159 Å². The average molecular weight is 393 g/mol. The van der Waals surface area contributed by atoms with Crippen molar-refractivity contribution in [2.75, 3.05) is 16.2 Å². The van der Waals surface area contributed by atoms with Crippen LogP contribution in [0.25, 0.3) is 0 Å². The van der Waals surface area contributed by atoms with E-state index in [2.05, 4.69) is 4.72 Å². The Morgan fingerprint density at radius 3 is 2.50 bits per heavy atom. The molecule has 0 bridgehead atoms. The average Bonchev–Trinajstić information content (AvgIpc) is 2.60. The number of amides is 1. The molecule has 0 spiro atoms. The standard InChI is InChI=1S/C19H21ClN2O3S/c1-13(2)19(23)22-11-3-4-14-12-16(7-10-18(14)22)21-26(24,25)17-8-5-15(20)6-9-17/h5-10,12-13,21H,3-4,11H2,1-2H3.